The highest BCUT2D eigenvalue weighted by atomic mass is 16.1. The molecule has 0 aromatic heterocycles. The van der Waals surface area contributed by atoms with Crippen molar-refractivity contribution < 1.29 is 9.69 Å². The molecule has 0 aliphatic carbocycles. The highest BCUT2D eigenvalue weighted by Crippen LogP contribution is 2.27. The van der Waals surface area contributed by atoms with Crippen molar-refractivity contribution in [3.8, 4) is 0 Å². The number of hydrogen-bond acceptors (Lipinski definition) is 1. The van der Waals surface area contributed by atoms with Crippen LogP contribution in [0.1, 0.15) is 29.0 Å². The molecule has 3 heteroatoms. The van der Waals surface area contributed by atoms with E-state index in [0.29, 0.717) is 19.0 Å². The molecular formula is C26H31N2O+. The number of rotatable bonds is 9. The van der Waals surface area contributed by atoms with E-state index in [1.807, 2.05) is 42.5 Å². The quantitative estimate of drug-likeness (QED) is 0.581. The van der Waals surface area contributed by atoms with Crippen LogP contribution < -0.4 is 10.2 Å². The maximum atomic E-state index is 12.9. The molecular weight excluding hydrogens is 356 g/mol. The maximum absolute atomic E-state index is 12.9. The normalized spacial score (nSPS) is 12.1. The molecule has 2 N–H and O–H groups in total. The first kappa shape index (κ1) is 20.8. The highest BCUT2D eigenvalue weighted by Gasteiger charge is 2.21. The molecule has 3 nitrogen and oxygen atoms in total. The average Bonchev–Trinajstić information content (AvgIpc) is 2.76. The van der Waals surface area contributed by atoms with Gasteiger partial charge in [-0.25, -0.2) is 0 Å². The van der Waals surface area contributed by atoms with Crippen molar-refractivity contribution in [1.29, 1.82) is 0 Å². The Balaban J connectivity index is 1.65. The standard InChI is InChI=1S/C26H30N2O/c1-28(2)24(18-21-12-6-3-7-13-21)20-27-26(29)19-25(22-14-8-4-9-15-22)23-16-10-5-11-17-23/h3-17,24-25H,18-20H2,1-2H3,(H,27,29)/p+1/t24-/m0/s1. The van der Waals surface area contributed by atoms with E-state index in [-0.39, 0.29) is 11.8 Å². The Labute approximate surface area is 174 Å². The van der Waals surface area contributed by atoms with E-state index in [0.717, 1.165) is 6.42 Å². The van der Waals surface area contributed by atoms with E-state index >= 15 is 0 Å². The Bertz CT molecular complexity index is 823. The monoisotopic (exact) mass is 387 g/mol. The van der Waals surface area contributed by atoms with E-state index in [4.69, 9.17) is 0 Å². The van der Waals surface area contributed by atoms with E-state index < -0.39 is 0 Å². The number of amides is 1. The molecule has 150 valence electrons. The zero-order valence-electron chi connectivity index (χ0n) is 17.3. The minimum Gasteiger partial charge on any atom is -0.350 e. The van der Waals surface area contributed by atoms with E-state index in [1.54, 1.807) is 0 Å². The number of carbonyl (C=O) groups excluding carboxylic acids is 1. The average molecular weight is 388 g/mol. The fourth-order valence-corrected chi connectivity index (χ4v) is 3.67. The first-order valence-electron chi connectivity index (χ1n) is 10.3. The number of likely N-dealkylation sites (N-methyl/N-ethyl adjacent to an activating group) is 1. The fraction of sp³-hybridized carbons (Fsp3) is 0.269. The summed E-state index contributed by atoms with van der Waals surface area (Å²) in [7, 11) is 4.30. The summed E-state index contributed by atoms with van der Waals surface area (Å²) in [5.41, 5.74) is 3.65. The molecule has 0 aliphatic rings. The van der Waals surface area contributed by atoms with Crippen LogP contribution in [-0.2, 0) is 11.2 Å². The summed E-state index contributed by atoms with van der Waals surface area (Å²) in [5.74, 6) is 0.165. The lowest BCUT2D eigenvalue weighted by Gasteiger charge is -2.23. The topological polar surface area (TPSA) is 33.5 Å². The fourth-order valence-electron chi connectivity index (χ4n) is 3.67. The number of hydrogen-bond donors (Lipinski definition) is 2. The van der Waals surface area contributed by atoms with Gasteiger partial charge in [0, 0.05) is 18.8 Å². The highest BCUT2D eigenvalue weighted by molar-refractivity contribution is 5.77. The largest absolute Gasteiger partial charge is 0.350 e. The minimum atomic E-state index is 0.0664. The van der Waals surface area contributed by atoms with Gasteiger partial charge in [0.25, 0.3) is 0 Å². The van der Waals surface area contributed by atoms with Gasteiger partial charge in [-0.2, -0.15) is 0 Å². The smallest absolute Gasteiger partial charge is 0.221 e. The Kier molecular flexibility index (Phi) is 7.60. The number of quaternary nitrogens is 1. The third kappa shape index (κ3) is 6.30. The summed E-state index contributed by atoms with van der Waals surface area (Å²) in [4.78, 5) is 14.2. The van der Waals surface area contributed by atoms with Gasteiger partial charge in [-0.3, -0.25) is 4.79 Å². The van der Waals surface area contributed by atoms with Crippen molar-refractivity contribution in [2.75, 3.05) is 20.6 Å². The van der Waals surface area contributed by atoms with Crippen molar-refractivity contribution in [2.45, 2.75) is 24.8 Å². The van der Waals surface area contributed by atoms with Crippen molar-refractivity contribution in [2.24, 2.45) is 0 Å². The van der Waals surface area contributed by atoms with Crippen LogP contribution in [0.15, 0.2) is 91.0 Å². The second-order valence-corrected chi connectivity index (χ2v) is 7.85. The summed E-state index contributed by atoms with van der Waals surface area (Å²) in [5, 5.41) is 3.19. The van der Waals surface area contributed by atoms with Gasteiger partial charge in [-0.15, -0.1) is 0 Å². The van der Waals surface area contributed by atoms with Crippen molar-refractivity contribution in [3.63, 3.8) is 0 Å². The molecule has 0 bridgehead atoms. The van der Waals surface area contributed by atoms with E-state index in [2.05, 4.69) is 67.9 Å². The van der Waals surface area contributed by atoms with Gasteiger partial charge in [-0.1, -0.05) is 91.0 Å². The minimum absolute atomic E-state index is 0.0664. The lowest BCUT2D eigenvalue weighted by Crippen LogP contribution is -3.11. The maximum Gasteiger partial charge on any atom is 0.221 e. The molecule has 0 saturated carbocycles. The third-order valence-electron chi connectivity index (χ3n) is 5.48. The second-order valence-electron chi connectivity index (χ2n) is 7.85. The van der Waals surface area contributed by atoms with E-state index in [9.17, 15) is 4.79 Å². The lowest BCUT2D eigenvalue weighted by molar-refractivity contribution is -0.884. The zero-order chi connectivity index (χ0) is 20.5. The second kappa shape index (κ2) is 10.6. The number of nitrogens with one attached hydrogen (secondary N) is 2. The predicted octanol–water partition coefficient (Wildman–Crippen LogP) is 3.08. The molecule has 3 aromatic rings. The molecule has 1 atom stereocenters. The Morgan fingerprint density at radius 2 is 1.28 bits per heavy atom. The van der Waals surface area contributed by atoms with Gasteiger partial charge in [0.05, 0.1) is 20.6 Å². The van der Waals surface area contributed by atoms with Gasteiger partial charge >= 0.3 is 0 Å². The van der Waals surface area contributed by atoms with Crippen LogP contribution in [0.3, 0.4) is 0 Å². The van der Waals surface area contributed by atoms with Crippen LogP contribution in [-0.4, -0.2) is 32.6 Å². The molecule has 0 aliphatic heterocycles. The Morgan fingerprint density at radius 1 is 0.793 bits per heavy atom. The lowest BCUT2D eigenvalue weighted by atomic mass is 9.88. The molecule has 0 radical (unpaired) electrons. The third-order valence-corrected chi connectivity index (χ3v) is 5.48. The molecule has 0 fully saturated rings. The first-order chi connectivity index (χ1) is 14.1. The van der Waals surface area contributed by atoms with E-state index in [1.165, 1.54) is 21.6 Å². The molecule has 0 saturated heterocycles. The van der Waals surface area contributed by atoms with Crippen molar-refractivity contribution >= 4 is 5.91 Å². The predicted molar refractivity (Wildman–Crippen MR) is 119 cm³/mol. The van der Waals surface area contributed by atoms with Gasteiger partial charge in [0.1, 0.15) is 6.04 Å². The summed E-state index contributed by atoms with van der Waals surface area (Å²) < 4.78 is 0. The van der Waals surface area contributed by atoms with Gasteiger partial charge in [0.2, 0.25) is 5.91 Å². The molecule has 29 heavy (non-hydrogen) atoms. The van der Waals surface area contributed by atoms with Gasteiger partial charge < -0.3 is 10.2 Å². The Morgan fingerprint density at radius 3 is 1.76 bits per heavy atom. The van der Waals surface area contributed by atoms with Crippen LogP contribution >= 0.6 is 0 Å². The van der Waals surface area contributed by atoms with Crippen molar-refractivity contribution in [3.05, 3.63) is 108 Å². The van der Waals surface area contributed by atoms with Gasteiger partial charge in [-0.05, 0) is 16.7 Å². The number of benzene rings is 3. The summed E-state index contributed by atoms with van der Waals surface area (Å²) in [6.07, 6.45) is 1.40. The molecule has 0 unspecified atom stereocenters. The van der Waals surface area contributed by atoms with Crippen LogP contribution in [0.2, 0.25) is 0 Å². The summed E-state index contributed by atoms with van der Waals surface area (Å²) in [6, 6.07) is 31.4. The number of carbonyl (C=O) groups is 1. The SMILES string of the molecule is C[NH+](C)[C@H](CNC(=O)CC(c1ccccc1)c1ccccc1)Cc1ccccc1. The van der Waals surface area contributed by atoms with Gasteiger partial charge in [0.15, 0.2) is 0 Å². The van der Waals surface area contributed by atoms with Crippen molar-refractivity contribution in [1.82, 2.24) is 5.32 Å². The zero-order valence-corrected chi connectivity index (χ0v) is 17.3. The molecule has 3 rings (SSSR count). The van der Waals surface area contributed by atoms with Crippen LogP contribution in [0.25, 0.3) is 0 Å². The first-order valence-corrected chi connectivity index (χ1v) is 10.3. The molecule has 3 aromatic carbocycles. The molecule has 0 spiro atoms. The van der Waals surface area contributed by atoms with Crippen LogP contribution in [0, 0.1) is 0 Å². The summed E-state index contributed by atoms with van der Waals surface area (Å²) >= 11 is 0. The molecule has 1 amide bonds. The van der Waals surface area contributed by atoms with Crippen LogP contribution in [0.4, 0.5) is 0 Å². The Hall–Kier alpha value is -2.91. The molecule has 0 heterocycles. The van der Waals surface area contributed by atoms with Crippen LogP contribution in [0.5, 0.6) is 0 Å². The summed E-state index contributed by atoms with van der Waals surface area (Å²) in [6.45, 7) is 0.673.